The first-order chi connectivity index (χ1) is 16.3. The van der Waals surface area contributed by atoms with Gasteiger partial charge in [-0.05, 0) is 38.0 Å². The van der Waals surface area contributed by atoms with E-state index in [1.54, 1.807) is 11.8 Å². The van der Waals surface area contributed by atoms with Gasteiger partial charge in [0.25, 0.3) is 0 Å². The maximum absolute atomic E-state index is 13.8. The lowest BCUT2D eigenvalue weighted by atomic mass is 9.69. The van der Waals surface area contributed by atoms with Crippen molar-refractivity contribution >= 4 is 29.5 Å². The van der Waals surface area contributed by atoms with E-state index in [9.17, 15) is 14.4 Å². The Kier molecular flexibility index (Phi) is 8.83. The number of carbonyl (C=O) groups excluding carboxylic acids is 3. The zero-order valence-corrected chi connectivity index (χ0v) is 21.3. The lowest BCUT2D eigenvalue weighted by molar-refractivity contribution is -0.151. The summed E-state index contributed by atoms with van der Waals surface area (Å²) < 4.78 is 16.4. The molecule has 3 atom stereocenters. The molecule has 8 heteroatoms. The normalized spacial score (nSPS) is 22.1. The summed E-state index contributed by atoms with van der Waals surface area (Å²) in [5.74, 6) is -1.03. The number of dihydropyridines is 1. The molecule has 0 spiro atoms. The standard InChI is InChI=1S/C26H33NO6S/c1-6-32-19-11-9-8-10-17(19)22-21(26(30)33-12-13-34-7-2)16(4)27-18-14-15(3)20(25(29)31-5)24(28)23(18)22/h8-11,15,20,22,27H,6-7,12-14H2,1-5H3/t15-,20-,22-/m1/s1. The fraction of sp³-hybridized carbons (Fsp3) is 0.500. The van der Waals surface area contributed by atoms with Crippen LogP contribution in [0.5, 0.6) is 5.75 Å². The second-order valence-corrected chi connectivity index (χ2v) is 9.73. The first-order valence-corrected chi connectivity index (χ1v) is 12.8. The molecule has 184 valence electrons. The summed E-state index contributed by atoms with van der Waals surface area (Å²) in [6.45, 7) is 8.32. The number of rotatable bonds is 9. The monoisotopic (exact) mass is 487 g/mol. The van der Waals surface area contributed by atoms with E-state index in [0.717, 1.165) is 11.4 Å². The number of hydrogen-bond donors (Lipinski definition) is 1. The van der Waals surface area contributed by atoms with Gasteiger partial charge in [0.05, 0.1) is 25.2 Å². The van der Waals surface area contributed by atoms with E-state index in [-0.39, 0.29) is 18.3 Å². The van der Waals surface area contributed by atoms with Gasteiger partial charge in [-0.15, -0.1) is 0 Å². The van der Waals surface area contributed by atoms with Gasteiger partial charge < -0.3 is 19.5 Å². The molecule has 0 radical (unpaired) electrons. The van der Waals surface area contributed by atoms with E-state index >= 15 is 0 Å². The summed E-state index contributed by atoms with van der Waals surface area (Å²) in [5.41, 5.74) is 2.82. The van der Waals surface area contributed by atoms with E-state index in [2.05, 4.69) is 5.32 Å². The third-order valence-corrected chi connectivity index (χ3v) is 7.02. The van der Waals surface area contributed by atoms with E-state index in [4.69, 9.17) is 14.2 Å². The third-order valence-electron chi connectivity index (χ3n) is 6.16. The first kappa shape index (κ1) is 25.9. The first-order valence-electron chi connectivity index (χ1n) is 11.6. The van der Waals surface area contributed by atoms with Crippen LogP contribution in [0.2, 0.25) is 0 Å². The summed E-state index contributed by atoms with van der Waals surface area (Å²) >= 11 is 1.68. The molecule has 0 aromatic heterocycles. The van der Waals surface area contributed by atoms with E-state index in [0.29, 0.717) is 46.9 Å². The van der Waals surface area contributed by atoms with Gasteiger partial charge in [0.2, 0.25) is 0 Å². The van der Waals surface area contributed by atoms with Crippen LogP contribution in [0, 0.1) is 11.8 Å². The molecule has 0 unspecified atom stereocenters. The van der Waals surface area contributed by atoms with Gasteiger partial charge >= 0.3 is 11.9 Å². The SMILES string of the molecule is CCOc1ccccc1[C@@H]1C(C(=O)OCCSCC)=C(C)NC2=C1C(=O)[C@H](C(=O)OC)[C@H](C)C2. The largest absolute Gasteiger partial charge is 0.494 e. The van der Waals surface area contributed by atoms with Gasteiger partial charge in [0, 0.05) is 28.3 Å². The molecule has 1 aromatic carbocycles. The fourth-order valence-electron chi connectivity index (χ4n) is 4.68. The number of allylic oxidation sites excluding steroid dienone is 3. The number of Topliss-reactive ketones (excluding diaryl/α,β-unsaturated/α-hetero) is 1. The molecule has 0 bridgehead atoms. The molecule has 1 aromatic rings. The van der Waals surface area contributed by atoms with Crippen LogP contribution in [0.4, 0.5) is 0 Å². The third kappa shape index (κ3) is 5.17. The summed E-state index contributed by atoms with van der Waals surface area (Å²) in [7, 11) is 1.29. The summed E-state index contributed by atoms with van der Waals surface area (Å²) in [6, 6.07) is 7.38. The van der Waals surface area contributed by atoms with Crippen molar-refractivity contribution in [1.29, 1.82) is 0 Å². The van der Waals surface area contributed by atoms with Crippen LogP contribution in [0.1, 0.15) is 45.6 Å². The Morgan fingerprint density at radius 2 is 1.94 bits per heavy atom. The Morgan fingerprint density at radius 1 is 1.21 bits per heavy atom. The average Bonchev–Trinajstić information content (AvgIpc) is 2.81. The fourth-order valence-corrected chi connectivity index (χ4v) is 5.17. The van der Waals surface area contributed by atoms with Gasteiger partial charge in [-0.3, -0.25) is 9.59 Å². The molecule has 34 heavy (non-hydrogen) atoms. The van der Waals surface area contributed by atoms with Crippen LogP contribution in [-0.2, 0) is 23.9 Å². The number of hydrogen-bond acceptors (Lipinski definition) is 8. The van der Waals surface area contributed by atoms with Crippen LogP contribution in [0.25, 0.3) is 0 Å². The van der Waals surface area contributed by atoms with Crippen LogP contribution >= 0.6 is 11.8 Å². The van der Waals surface area contributed by atoms with Crippen molar-refractivity contribution in [2.75, 3.05) is 31.8 Å². The van der Waals surface area contributed by atoms with Gasteiger partial charge in [0.1, 0.15) is 18.3 Å². The molecule has 2 aliphatic rings. The number of para-hydroxylation sites is 1. The van der Waals surface area contributed by atoms with E-state index < -0.39 is 23.8 Å². The number of benzene rings is 1. The Bertz CT molecular complexity index is 1010. The van der Waals surface area contributed by atoms with Gasteiger partial charge in [-0.2, -0.15) is 11.8 Å². The zero-order chi connectivity index (χ0) is 24.8. The second-order valence-electron chi connectivity index (χ2n) is 8.34. The lowest BCUT2D eigenvalue weighted by Gasteiger charge is -2.38. The molecule has 0 fully saturated rings. The molecular weight excluding hydrogens is 454 g/mol. The molecule has 0 saturated carbocycles. The Hall–Kier alpha value is -2.74. The van der Waals surface area contributed by atoms with Crippen LogP contribution in [0.3, 0.4) is 0 Å². The van der Waals surface area contributed by atoms with Crippen molar-refractivity contribution in [2.45, 2.75) is 40.0 Å². The van der Waals surface area contributed by atoms with Gasteiger partial charge in [-0.25, -0.2) is 4.79 Å². The molecule has 1 aliphatic heterocycles. The minimum Gasteiger partial charge on any atom is -0.494 e. The summed E-state index contributed by atoms with van der Waals surface area (Å²) in [4.78, 5) is 39.7. The van der Waals surface area contributed by atoms with Crippen LogP contribution < -0.4 is 10.1 Å². The van der Waals surface area contributed by atoms with E-state index in [1.165, 1.54) is 7.11 Å². The highest BCUT2D eigenvalue weighted by Crippen LogP contribution is 2.47. The smallest absolute Gasteiger partial charge is 0.336 e. The Morgan fingerprint density at radius 3 is 2.62 bits per heavy atom. The van der Waals surface area contributed by atoms with Gasteiger partial charge in [0.15, 0.2) is 5.78 Å². The van der Waals surface area contributed by atoms with Crippen molar-refractivity contribution < 1.29 is 28.6 Å². The zero-order valence-electron chi connectivity index (χ0n) is 20.4. The minimum atomic E-state index is -0.927. The number of esters is 2. The minimum absolute atomic E-state index is 0.235. The molecule has 1 N–H and O–H groups in total. The topological polar surface area (TPSA) is 90.9 Å². The highest BCUT2D eigenvalue weighted by atomic mass is 32.2. The van der Waals surface area contributed by atoms with Crippen molar-refractivity contribution in [3.8, 4) is 5.75 Å². The number of carbonyl (C=O) groups is 3. The highest BCUT2D eigenvalue weighted by Gasteiger charge is 2.47. The average molecular weight is 488 g/mol. The summed E-state index contributed by atoms with van der Waals surface area (Å²) in [5, 5.41) is 3.28. The lowest BCUT2D eigenvalue weighted by Crippen LogP contribution is -2.43. The maximum Gasteiger partial charge on any atom is 0.336 e. The Labute approximate surface area is 205 Å². The predicted octanol–water partition coefficient (Wildman–Crippen LogP) is 3.99. The number of thioether (sulfide) groups is 1. The molecule has 1 heterocycles. The number of ketones is 1. The molecule has 7 nitrogen and oxygen atoms in total. The van der Waals surface area contributed by atoms with Crippen molar-refractivity contribution in [3.63, 3.8) is 0 Å². The van der Waals surface area contributed by atoms with Crippen LogP contribution in [0.15, 0.2) is 46.8 Å². The Balaban J connectivity index is 2.13. The predicted molar refractivity (Wildman–Crippen MR) is 131 cm³/mol. The van der Waals surface area contributed by atoms with Gasteiger partial charge in [-0.1, -0.05) is 32.0 Å². The highest BCUT2D eigenvalue weighted by molar-refractivity contribution is 7.99. The quantitative estimate of drug-likeness (QED) is 0.318. The molecular formula is C26H33NO6S. The summed E-state index contributed by atoms with van der Waals surface area (Å²) in [6.07, 6.45) is 0.487. The number of ether oxygens (including phenoxy) is 3. The molecule has 1 aliphatic carbocycles. The van der Waals surface area contributed by atoms with Crippen molar-refractivity contribution in [3.05, 3.63) is 52.4 Å². The number of methoxy groups -OCH3 is 1. The number of nitrogens with one attached hydrogen (secondary N) is 1. The molecule has 0 saturated heterocycles. The van der Waals surface area contributed by atoms with E-state index in [1.807, 2.05) is 52.0 Å². The maximum atomic E-state index is 13.8. The van der Waals surface area contributed by atoms with Crippen LogP contribution in [-0.4, -0.2) is 49.6 Å². The second kappa shape index (κ2) is 11.6. The van der Waals surface area contributed by atoms with Crippen molar-refractivity contribution in [1.82, 2.24) is 5.32 Å². The molecule has 0 amide bonds. The van der Waals surface area contributed by atoms with Crippen molar-refractivity contribution in [2.24, 2.45) is 11.8 Å². The molecule has 3 rings (SSSR count).